The predicted octanol–water partition coefficient (Wildman–Crippen LogP) is 4.73. The molecule has 0 radical (unpaired) electrons. The first-order valence-electron chi connectivity index (χ1n) is 13.1. The Morgan fingerprint density at radius 2 is 1.88 bits per heavy atom. The van der Waals surface area contributed by atoms with Gasteiger partial charge in [-0.2, -0.15) is 0 Å². The van der Waals surface area contributed by atoms with E-state index < -0.39 is 23.2 Å². The molecule has 0 bridgehead atoms. The molecule has 0 unspecified atom stereocenters. The summed E-state index contributed by atoms with van der Waals surface area (Å²) in [6.45, 7) is 5.82. The number of aliphatic hydroxyl groups excluding tert-OH is 1. The molecule has 2 aromatic rings. The van der Waals surface area contributed by atoms with Crippen molar-refractivity contribution in [2.45, 2.75) is 63.8 Å². The van der Waals surface area contributed by atoms with Crippen LogP contribution in [0.1, 0.15) is 62.8 Å². The highest BCUT2D eigenvalue weighted by Crippen LogP contribution is 2.45. The van der Waals surface area contributed by atoms with Crippen molar-refractivity contribution < 1.29 is 28.9 Å². The summed E-state index contributed by atoms with van der Waals surface area (Å²) in [4.78, 5) is 35.9. The average Bonchev–Trinajstić information content (AvgIpc) is 3.30. The molecule has 1 heterocycles. The van der Waals surface area contributed by atoms with Crippen LogP contribution >= 0.6 is 0 Å². The molecule has 40 heavy (non-hydrogen) atoms. The third-order valence-corrected chi connectivity index (χ3v) is 6.19. The Labute approximate surface area is 234 Å². The predicted molar refractivity (Wildman–Crippen MR) is 150 cm³/mol. The van der Waals surface area contributed by atoms with Crippen LogP contribution in [0.5, 0.6) is 5.75 Å². The van der Waals surface area contributed by atoms with E-state index in [-0.39, 0.29) is 37.8 Å². The van der Waals surface area contributed by atoms with Crippen molar-refractivity contribution in [3.05, 3.63) is 75.7 Å². The first-order chi connectivity index (χ1) is 19.0. The number of amides is 1. The molecular formula is C29H37N5O6. The molecule has 0 saturated heterocycles. The van der Waals surface area contributed by atoms with E-state index in [4.69, 9.17) is 29.8 Å². The fourth-order valence-corrected chi connectivity index (χ4v) is 4.44. The summed E-state index contributed by atoms with van der Waals surface area (Å²) in [5.74, 6) is 0.0729. The molecule has 0 aliphatic carbocycles. The van der Waals surface area contributed by atoms with Crippen LogP contribution in [0.4, 0.5) is 0 Å². The maximum atomic E-state index is 13.9. The number of hydrogen-bond donors (Lipinski definition) is 1. The van der Waals surface area contributed by atoms with Gasteiger partial charge in [0.1, 0.15) is 11.4 Å². The molecule has 11 heteroatoms. The molecule has 3 rings (SSSR count). The average molecular weight is 552 g/mol. The molecule has 1 amide bonds. The van der Waals surface area contributed by atoms with Crippen LogP contribution in [-0.2, 0) is 25.6 Å². The zero-order valence-electron chi connectivity index (χ0n) is 23.7. The van der Waals surface area contributed by atoms with Gasteiger partial charge >= 0.3 is 5.97 Å². The van der Waals surface area contributed by atoms with E-state index in [9.17, 15) is 9.59 Å². The van der Waals surface area contributed by atoms with Crippen molar-refractivity contribution in [3.63, 3.8) is 0 Å². The normalized spacial score (nSPS) is 18.2. The summed E-state index contributed by atoms with van der Waals surface area (Å²) in [5, 5.41) is 12.7. The maximum Gasteiger partial charge on any atom is 0.306 e. The molecule has 2 atom stereocenters. The SMILES string of the molecule is CN(C)C(=O)[C@]1(CCC(=O)OC(C)(C)C)N=C(c2ccc(OCCCO)cc2)O[C@@H]1c1ccccc1CN=[N+]=[N-]. The lowest BCUT2D eigenvalue weighted by Crippen LogP contribution is -2.48. The lowest BCUT2D eigenvalue weighted by atomic mass is 9.81. The van der Waals surface area contributed by atoms with E-state index in [1.807, 2.05) is 24.3 Å². The first-order valence-corrected chi connectivity index (χ1v) is 13.1. The van der Waals surface area contributed by atoms with E-state index in [1.165, 1.54) is 4.90 Å². The second kappa shape index (κ2) is 13.3. The highest BCUT2D eigenvalue weighted by Gasteiger charge is 2.54. The number of ether oxygens (including phenoxy) is 3. The second-order valence-corrected chi connectivity index (χ2v) is 10.7. The molecule has 2 aromatic carbocycles. The van der Waals surface area contributed by atoms with Gasteiger partial charge in [-0.3, -0.25) is 9.59 Å². The number of azide groups is 1. The number of benzene rings is 2. The van der Waals surface area contributed by atoms with Gasteiger partial charge in [-0.25, -0.2) is 4.99 Å². The molecule has 0 spiro atoms. The first kappa shape index (κ1) is 30.5. The van der Waals surface area contributed by atoms with E-state index in [0.717, 1.165) is 0 Å². The fraction of sp³-hybridized carbons (Fsp3) is 0.483. The number of esters is 1. The van der Waals surface area contributed by atoms with Crippen molar-refractivity contribution >= 4 is 17.8 Å². The van der Waals surface area contributed by atoms with Crippen LogP contribution in [0.25, 0.3) is 10.4 Å². The molecule has 0 fully saturated rings. The summed E-state index contributed by atoms with van der Waals surface area (Å²) in [5.41, 5.74) is 8.71. The number of carbonyl (C=O) groups is 2. The largest absolute Gasteiger partial charge is 0.494 e. The summed E-state index contributed by atoms with van der Waals surface area (Å²) in [6, 6.07) is 14.3. The molecular weight excluding hydrogens is 514 g/mol. The number of rotatable bonds is 12. The number of aliphatic imine (C=N–C) groups is 1. The zero-order chi connectivity index (χ0) is 29.3. The van der Waals surface area contributed by atoms with Crippen molar-refractivity contribution in [1.82, 2.24) is 4.90 Å². The Hall–Kier alpha value is -4.08. The lowest BCUT2D eigenvalue weighted by Gasteiger charge is -2.33. The maximum absolute atomic E-state index is 13.9. The smallest absolute Gasteiger partial charge is 0.306 e. The monoisotopic (exact) mass is 551 g/mol. The quantitative estimate of drug-likeness (QED) is 0.133. The van der Waals surface area contributed by atoms with Crippen molar-refractivity contribution in [2.24, 2.45) is 10.1 Å². The van der Waals surface area contributed by atoms with Crippen molar-refractivity contribution in [2.75, 3.05) is 27.3 Å². The van der Waals surface area contributed by atoms with E-state index in [2.05, 4.69) is 10.0 Å². The Morgan fingerprint density at radius 1 is 1.18 bits per heavy atom. The van der Waals surface area contributed by atoms with E-state index in [1.54, 1.807) is 59.1 Å². The Balaban J connectivity index is 2.08. The van der Waals surface area contributed by atoms with Crippen LogP contribution in [0, 0.1) is 0 Å². The van der Waals surface area contributed by atoms with Crippen LogP contribution < -0.4 is 4.74 Å². The summed E-state index contributed by atoms with van der Waals surface area (Å²) < 4.78 is 17.6. The van der Waals surface area contributed by atoms with Gasteiger partial charge in [0, 0.05) is 44.0 Å². The summed E-state index contributed by atoms with van der Waals surface area (Å²) >= 11 is 0. The molecule has 0 aromatic heterocycles. The second-order valence-electron chi connectivity index (χ2n) is 10.7. The Bertz CT molecular complexity index is 1260. The van der Waals surface area contributed by atoms with Gasteiger partial charge in [0.15, 0.2) is 11.6 Å². The van der Waals surface area contributed by atoms with Crippen molar-refractivity contribution in [3.8, 4) is 5.75 Å². The standard InChI is InChI=1S/C29H37N5O6/c1-28(2,3)40-24(36)15-16-29(27(37)34(4)5)25(23-10-7-6-9-21(23)19-31-33-30)39-26(32-29)20-11-13-22(14-12-20)38-18-8-17-35/h6-7,9-14,25,35H,8,15-19H2,1-5H3/t25-,29-/m1/s1. The number of hydrogen-bond acceptors (Lipinski definition) is 8. The molecule has 1 aliphatic heterocycles. The summed E-state index contributed by atoms with van der Waals surface area (Å²) in [7, 11) is 3.26. The zero-order valence-corrected chi connectivity index (χ0v) is 23.7. The Morgan fingerprint density at radius 3 is 2.50 bits per heavy atom. The van der Waals surface area contributed by atoms with Crippen LogP contribution in [0.2, 0.25) is 0 Å². The van der Waals surface area contributed by atoms with E-state index >= 15 is 0 Å². The molecule has 214 valence electrons. The van der Waals surface area contributed by atoms with Gasteiger partial charge in [0.25, 0.3) is 5.91 Å². The van der Waals surface area contributed by atoms with Gasteiger partial charge in [-0.1, -0.05) is 29.4 Å². The highest BCUT2D eigenvalue weighted by atomic mass is 16.6. The van der Waals surface area contributed by atoms with Crippen LogP contribution in [0.3, 0.4) is 0 Å². The summed E-state index contributed by atoms with van der Waals surface area (Å²) in [6.07, 6.45) is -0.415. The van der Waals surface area contributed by atoms with Gasteiger partial charge in [0.2, 0.25) is 5.90 Å². The minimum atomic E-state index is -1.49. The minimum Gasteiger partial charge on any atom is -0.494 e. The number of carbonyl (C=O) groups excluding carboxylic acids is 2. The van der Waals surface area contributed by atoms with Gasteiger partial charge in [-0.05, 0) is 68.1 Å². The molecule has 1 N–H and O–H groups in total. The molecule has 0 saturated carbocycles. The minimum absolute atomic E-state index is 0.0330. The topological polar surface area (TPSA) is 146 Å². The number of likely N-dealkylation sites (N-methyl/N-ethyl adjacent to an activating group) is 1. The van der Waals surface area contributed by atoms with Crippen LogP contribution in [0.15, 0.2) is 58.6 Å². The fourth-order valence-electron chi connectivity index (χ4n) is 4.44. The van der Waals surface area contributed by atoms with E-state index in [0.29, 0.717) is 35.5 Å². The third-order valence-electron chi connectivity index (χ3n) is 6.19. The number of nitrogens with zero attached hydrogens (tertiary/aromatic N) is 5. The Kier molecular flexibility index (Phi) is 10.1. The molecule has 1 aliphatic rings. The third kappa shape index (κ3) is 7.52. The van der Waals surface area contributed by atoms with Crippen molar-refractivity contribution in [1.29, 1.82) is 0 Å². The van der Waals surface area contributed by atoms with Gasteiger partial charge in [0.05, 0.1) is 13.2 Å². The van der Waals surface area contributed by atoms with Gasteiger partial charge < -0.3 is 24.2 Å². The highest BCUT2D eigenvalue weighted by molar-refractivity contribution is 6.01. The van der Waals surface area contributed by atoms with Crippen LogP contribution in [-0.4, -0.2) is 66.2 Å². The lowest BCUT2D eigenvalue weighted by molar-refractivity contribution is -0.155. The number of aliphatic hydroxyl groups is 1. The van der Waals surface area contributed by atoms with Gasteiger partial charge in [-0.15, -0.1) is 0 Å². The molecule has 11 nitrogen and oxygen atoms in total.